The van der Waals surface area contributed by atoms with Gasteiger partial charge in [0, 0.05) is 17.9 Å². The largest absolute Gasteiger partial charge is 0.331 e. The molecule has 3 nitrogen and oxygen atoms in total. The van der Waals surface area contributed by atoms with Crippen molar-refractivity contribution in [2.75, 3.05) is 6.54 Å². The zero-order valence-electron chi connectivity index (χ0n) is 12.5. The maximum absolute atomic E-state index is 5.80. The summed E-state index contributed by atoms with van der Waals surface area (Å²) in [6.45, 7) is 3.01. The maximum Gasteiger partial charge on any atom is 0.0950 e. The van der Waals surface area contributed by atoms with Crippen molar-refractivity contribution >= 4 is 0 Å². The van der Waals surface area contributed by atoms with Crippen LogP contribution in [0.3, 0.4) is 0 Å². The number of imidazole rings is 1. The molecule has 1 atom stereocenters. The molecule has 0 saturated heterocycles. The van der Waals surface area contributed by atoms with Gasteiger partial charge in [0.25, 0.3) is 0 Å². The minimum Gasteiger partial charge on any atom is -0.331 e. The molecule has 0 aromatic carbocycles. The van der Waals surface area contributed by atoms with Crippen molar-refractivity contribution in [3.8, 4) is 0 Å². The third kappa shape index (κ3) is 2.02. The molecule has 3 heteroatoms. The second kappa shape index (κ2) is 4.87. The van der Waals surface area contributed by atoms with Crippen molar-refractivity contribution in [3.05, 3.63) is 18.2 Å². The smallest absolute Gasteiger partial charge is 0.0950 e. The molecule has 110 valence electrons. The minimum absolute atomic E-state index is 0.558. The molecule has 4 bridgehead atoms. The lowest BCUT2D eigenvalue weighted by Gasteiger charge is -2.55. The van der Waals surface area contributed by atoms with E-state index in [9.17, 15) is 0 Å². The summed E-state index contributed by atoms with van der Waals surface area (Å²) in [4.78, 5) is 4.46. The number of nitrogens with zero attached hydrogens (tertiary/aromatic N) is 2. The zero-order valence-corrected chi connectivity index (χ0v) is 12.5. The highest BCUT2D eigenvalue weighted by Gasteiger charge is 2.49. The van der Waals surface area contributed by atoms with Gasteiger partial charge in [-0.25, -0.2) is 4.98 Å². The zero-order chi connectivity index (χ0) is 13.7. The second-order valence-electron chi connectivity index (χ2n) is 7.76. The number of rotatable bonds is 4. The predicted molar refractivity (Wildman–Crippen MR) is 80.2 cm³/mol. The van der Waals surface area contributed by atoms with Gasteiger partial charge in [-0.1, -0.05) is 6.92 Å². The van der Waals surface area contributed by atoms with Crippen molar-refractivity contribution in [2.45, 2.75) is 51.5 Å². The monoisotopic (exact) mass is 273 g/mol. The molecule has 4 aliphatic carbocycles. The topological polar surface area (TPSA) is 43.8 Å². The van der Waals surface area contributed by atoms with Crippen molar-refractivity contribution in [1.82, 2.24) is 9.55 Å². The van der Waals surface area contributed by atoms with E-state index in [2.05, 4.69) is 29.0 Å². The van der Waals surface area contributed by atoms with Gasteiger partial charge < -0.3 is 10.3 Å². The van der Waals surface area contributed by atoms with Crippen LogP contribution in [0.15, 0.2) is 12.5 Å². The van der Waals surface area contributed by atoms with Gasteiger partial charge in [0.1, 0.15) is 0 Å². The molecule has 0 spiro atoms. The average Bonchev–Trinajstić information content (AvgIpc) is 2.85. The first kappa shape index (κ1) is 12.9. The summed E-state index contributed by atoms with van der Waals surface area (Å²) < 4.78 is 2.54. The number of aromatic nitrogens is 2. The first-order chi connectivity index (χ1) is 9.74. The number of nitrogens with two attached hydrogens (primary N) is 1. The Morgan fingerprint density at radius 3 is 2.45 bits per heavy atom. The molecule has 4 saturated carbocycles. The van der Waals surface area contributed by atoms with Crippen LogP contribution in [0.4, 0.5) is 0 Å². The third-order valence-corrected chi connectivity index (χ3v) is 6.20. The quantitative estimate of drug-likeness (QED) is 0.916. The van der Waals surface area contributed by atoms with E-state index in [1.165, 1.54) is 37.8 Å². The first-order valence-corrected chi connectivity index (χ1v) is 8.45. The normalized spacial score (nSPS) is 40.2. The van der Waals surface area contributed by atoms with Gasteiger partial charge in [0.05, 0.1) is 6.33 Å². The molecule has 1 heterocycles. The Morgan fingerprint density at radius 1 is 1.20 bits per heavy atom. The first-order valence-electron chi connectivity index (χ1n) is 8.45. The molecule has 0 aliphatic heterocycles. The third-order valence-electron chi connectivity index (χ3n) is 6.20. The van der Waals surface area contributed by atoms with Crippen LogP contribution in [0.1, 0.15) is 50.8 Å². The fraction of sp³-hybridized carbons (Fsp3) is 0.824. The Labute approximate surface area is 122 Å². The summed E-state index contributed by atoms with van der Waals surface area (Å²) in [5, 5.41) is 0. The molecule has 1 aromatic heterocycles. The second-order valence-corrected chi connectivity index (χ2v) is 7.76. The highest BCUT2D eigenvalue weighted by Crippen LogP contribution is 2.58. The maximum atomic E-state index is 5.80. The summed E-state index contributed by atoms with van der Waals surface area (Å²) in [6.07, 6.45) is 12.7. The molecular formula is C17H27N3. The van der Waals surface area contributed by atoms with E-state index in [1.807, 2.05) is 0 Å². The van der Waals surface area contributed by atoms with Crippen LogP contribution in [-0.2, 0) is 6.42 Å². The van der Waals surface area contributed by atoms with Gasteiger partial charge in [-0.05, 0) is 74.7 Å². The van der Waals surface area contributed by atoms with Gasteiger partial charge in [-0.2, -0.15) is 0 Å². The van der Waals surface area contributed by atoms with Crippen molar-refractivity contribution < 1.29 is 0 Å². The summed E-state index contributed by atoms with van der Waals surface area (Å²) in [6, 6.07) is 0.741. The van der Waals surface area contributed by atoms with Gasteiger partial charge in [0.2, 0.25) is 0 Å². The van der Waals surface area contributed by atoms with E-state index in [1.54, 1.807) is 0 Å². The predicted octanol–water partition coefficient (Wildman–Crippen LogP) is 3.02. The SMILES string of the molecule is CC(CN)Cc1cncn1C1C2CC3CC(C2)CC1C3. The molecular weight excluding hydrogens is 246 g/mol. The van der Waals surface area contributed by atoms with Crippen LogP contribution >= 0.6 is 0 Å². The van der Waals surface area contributed by atoms with Crippen molar-refractivity contribution in [3.63, 3.8) is 0 Å². The highest BCUT2D eigenvalue weighted by molar-refractivity contribution is 5.08. The molecule has 1 unspecified atom stereocenters. The molecule has 0 amide bonds. The van der Waals surface area contributed by atoms with Crippen LogP contribution in [0, 0.1) is 29.6 Å². The van der Waals surface area contributed by atoms with Gasteiger partial charge in [0.15, 0.2) is 0 Å². The average molecular weight is 273 g/mol. The molecule has 1 aromatic rings. The number of hydrogen-bond donors (Lipinski definition) is 1. The lowest BCUT2D eigenvalue weighted by molar-refractivity contribution is -0.0301. The van der Waals surface area contributed by atoms with E-state index in [-0.39, 0.29) is 0 Å². The van der Waals surface area contributed by atoms with Gasteiger partial charge >= 0.3 is 0 Å². The van der Waals surface area contributed by atoms with Crippen molar-refractivity contribution in [1.29, 1.82) is 0 Å². The molecule has 20 heavy (non-hydrogen) atoms. The van der Waals surface area contributed by atoms with Crippen LogP contribution in [0.5, 0.6) is 0 Å². The fourth-order valence-corrected chi connectivity index (χ4v) is 5.55. The van der Waals surface area contributed by atoms with Crippen LogP contribution in [-0.4, -0.2) is 16.1 Å². The summed E-state index contributed by atoms with van der Waals surface area (Å²) in [5.41, 5.74) is 7.22. The Bertz CT molecular complexity index is 450. The number of hydrogen-bond acceptors (Lipinski definition) is 2. The molecule has 2 N–H and O–H groups in total. The molecule has 4 fully saturated rings. The lowest BCUT2D eigenvalue weighted by atomic mass is 9.54. The van der Waals surface area contributed by atoms with E-state index in [0.717, 1.165) is 42.7 Å². The Hall–Kier alpha value is -0.830. The summed E-state index contributed by atoms with van der Waals surface area (Å²) >= 11 is 0. The highest BCUT2D eigenvalue weighted by atomic mass is 15.1. The minimum atomic E-state index is 0.558. The summed E-state index contributed by atoms with van der Waals surface area (Å²) in [7, 11) is 0. The van der Waals surface area contributed by atoms with Crippen molar-refractivity contribution in [2.24, 2.45) is 35.3 Å². The van der Waals surface area contributed by atoms with E-state index in [4.69, 9.17) is 5.73 Å². The Kier molecular flexibility index (Phi) is 3.13. The Balaban J connectivity index is 1.60. The molecule has 4 aliphatic rings. The molecule has 0 radical (unpaired) electrons. The van der Waals surface area contributed by atoms with Gasteiger partial charge in [-0.15, -0.1) is 0 Å². The standard InChI is InChI=1S/C17H27N3/c1-11(8-18)2-16-9-19-10-20(16)17-14-4-12-3-13(6-14)7-15(17)5-12/h9-15,17H,2-8,18H2,1H3. The fourth-order valence-electron chi connectivity index (χ4n) is 5.55. The van der Waals surface area contributed by atoms with E-state index >= 15 is 0 Å². The van der Waals surface area contributed by atoms with Crippen LogP contribution < -0.4 is 5.73 Å². The van der Waals surface area contributed by atoms with Crippen LogP contribution in [0.2, 0.25) is 0 Å². The van der Waals surface area contributed by atoms with E-state index in [0.29, 0.717) is 5.92 Å². The van der Waals surface area contributed by atoms with E-state index < -0.39 is 0 Å². The summed E-state index contributed by atoms with van der Waals surface area (Å²) in [5.74, 6) is 4.49. The molecule has 5 rings (SSSR count). The van der Waals surface area contributed by atoms with Gasteiger partial charge in [-0.3, -0.25) is 0 Å². The van der Waals surface area contributed by atoms with Crippen LogP contribution in [0.25, 0.3) is 0 Å². The lowest BCUT2D eigenvalue weighted by Crippen LogP contribution is -2.46. The Morgan fingerprint density at radius 2 is 1.85 bits per heavy atom.